The van der Waals surface area contributed by atoms with Crippen molar-refractivity contribution in [3.63, 3.8) is 0 Å². The van der Waals surface area contributed by atoms with Crippen LogP contribution in [0.4, 0.5) is 0 Å². The lowest BCUT2D eigenvalue weighted by molar-refractivity contribution is 0.555. The monoisotopic (exact) mass is 326 g/mol. The molecule has 0 bridgehead atoms. The first kappa shape index (κ1) is 16.3. The van der Waals surface area contributed by atoms with Crippen LogP contribution in [0.5, 0.6) is 0 Å². The zero-order valence-electron chi connectivity index (χ0n) is 12.7. The van der Waals surface area contributed by atoms with E-state index in [9.17, 15) is 0 Å². The highest BCUT2D eigenvalue weighted by Gasteiger charge is 2.17. The highest BCUT2D eigenvalue weighted by molar-refractivity contribution is 6.35. The Bertz CT molecular complexity index is 637. The van der Waals surface area contributed by atoms with E-state index in [0.717, 1.165) is 35.6 Å². The van der Waals surface area contributed by atoms with Gasteiger partial charge in [-0.15, -0.1) is 5.10 Å². The molecule has 21 heavy (non-hydrogen) atoms. The molecule has 2 aromatic rings. The number of halogens is 2. The van der Waals surface area contributed by atoms with E-state index in [-0.39, 0.29) is 6.04 Å². The van der Waals surface area contributed by atoms with Gasteiger partial charge in [0.1, 0.15) is 5.69 Å². The maximum atomic E-state index is 6.32. The Balaban J connectivity index is 2.38. The maximum Gasteiger partial charge on any atom is 0.103 e. The summed E-state index contributed by atoms with van der Waals surface area (Å²) in [6.07, 6.45) is 1.08. The largest absolute Gasteiger partial charge is 0.309 e. The van der Waals surface area contributed by atoms with E-state index >= 15 is 0 Å². The van der Waals surface area contributed by atoms with E-state index in [1.807, 2.05) is 26.0 Å². The SMILES string of the molecule is CCCNC(C)c1nnn(-c2cc(Cl)c(C)cc2Cl)c1C. The topological polar surface area (TPSA) is 42.7 Å². The first-order chi connectivity index (χ1) is 9.95. The second kappa shape index (κ2) is 6.77. The summed E-state index contributed by atoms with van der Waals surface area (Å²) in [5.41, 5.74) is 3.59. The number of nitrogens with zero attached hydrogens (tertiary/aromatic N) is 3. The molecular formula is C15H20Cl2N4. The van der Waals surface area contributed by atoms with Gasteiger partial charge in [0.15, 0.2) is 0 Å². The van der Waals surface area contributed by atoms with Gasteiger partial charge in [0, 0.05) is 5.02 Å². The van der Waals surface area contributed by atoms with Crippen LogP contribution in [0.1, 0.15) is 43.3 Å². The fourth-order valence-electron chi connectivity index (χ4n) is 2.23. The first-order valence-electron chi connectivity index (χ1n) is 7.07. The van der Waals surface area contributed by atoms with Crippen molar-refractivity contribution in [2.75, 3.05) is 6.54 Å². The van der Waals surface area contributed by atoms with Crippen molar-refractivity contribution < 1.29 is 0 Å². The fraction of sp³-hybridized carbons (Fsp3) is 0.467. The lowest BCUT2D eigenvalue weighted by Crippen LogP contribution is -2.20. The first-order valence-corrected chi connectivity index (χ1v) is 7.82. The Morgan fingerprint density at radius 3 is 2.62 bits per heavy atom. The Morgan fingerprint density at radius 1 is 1.24 bits per heavy atom. The van der Waals surface area contributed by atoms with Crippen LogP contribution in [0, 0.1) is 13.8 Å². The molecule has 0 saturated heterocycles. The van der Waals surface area contributed by atoms with Gasteiger partial charge in [-0.05, 0) is 51.4 Å². The lowest BCUT2D eigenvalue weighted by atomic mass is 10.2. The number of benzene rings is 1. The molecule has 1 aromatic carbocycles. The molecule has 114 valence electrons. The minimum absolute atomic E-state index is 0.151. The van der Waals surface area contributed by atoms with Crippen LogP contribution in [0.15, 0.2) is 12.1 Å². The van der Waals surface area contributed by atoms with Crippen molar-refractivity contribution in [1.82, 2.24) is 20.3 Å². The molecule has 1 heterocycles. The summed E-state index contributed by atoms with van der Waals surface area (Å²) in [7, 11) is 0. The highest BCUT2D eigenvalue weighted by Crippen LogP contribution is 2.29. The van der Waals surface area contributed by atoms with Crippen molar-refractivity contribution >= 4 is 23.2 Å². The van der Waals surface area contributed by atoms with Crippen LogP contribution in [0.3, 0.4) is 0 Å². The minimum atomic E-state index is 0.151. The average molecular weight is 327 g/mol. The van der Waals surface area contributed by atoms with Crippen LogP contribution in [0.2, 0.25) is 10.0 Å². The summed E-state index contributed by atoms with van der Waals surface area (Å²) >= 11 is 12.5. The molecule has 6 heteroatoms. The van der Waals surface area contributed by atoms with Gasteiger partial charge in [0.25, 0.3) is 0 Å². The number of hydrogen-bond acceptors (Lipinski definition) is 3. The van der Waals surface area contributed by atoms with Gasteiger partial charge in [-0.2, -0.15) is 0 Å². The van der Waals surface area contributed by atoms with E-state index < -0.39 is 0 Å². The van der Waals surface area contributed by atoms with Crippen LogP contribution < -0.4 is 5.32 Å². The van der Waals surface area contributed by atoms with Crippen molar-refractivity contribution in [3.8, 4) is 5.69 Å². The van der Waals surface area contributed by atoms with Crippen molar-refractivity contribution in [3.05, 3.63) is 39.1 Å². The molecule has 0 aliphatic heterocycles. The molecule has 1 N–H and O–H groups in total. The minimum Gasteiger partial charge on any atom is -0.309 e. The number of rotatable bonds is 5. The average Bonchev–Trinajstić information content (AvgIpc) is 2.82. The zero-order chi connectivity index (χ0) is 15.6. The summed E-state index contributed by atoms with van der Waals surface area (Å²) in [6, 6.07) is 3.83. The summed E-state index contributed by atoms with van der Waals surface area (Å²) < 4.78 is 1.74. The van der Waals surface area contributed by atoms with Crippen LogP contribution in [0.25, 0.3) is 5.69 Å². The molecule has 2 rings (SSSR count). The summed E-state index contributed by atoms with van der Waals surface area (Å²) in [5.74, 6) is 0. The predicted octanol–water partition coefficient (Wildman–Crippen LogP) is 4.25. The standard InChI is InChI=1S/C15H20Cl2N4/c1-5-6-18-10(3)15-11(4)21(20-19-15)14-8-12(16)9(2)7-13(14)17/h7-8,10,18H,5-6H2,1-4H3. The van der Waals surface area contributed by atoms with E-state index in [2.05, 4.69) is 29.5 Å². The van der Waals surface area contributed by atoms with Crippen molar-refractivity contribution in [1.29, 1.82) is 0 Å². The Morgan fingerprint density at radius 2 is 1.95 bits per heavy atom. The van der Waals surface area contributed by atoms with Crippen LogP contribution in [-0.2, 0) is 0 Å². The van der Waals surface area contributed by atoms with Gasteiger partial charge >= 0.3 is 0 Å². The Hall–Kier alpha value is -1.10. The molecule has 0 radical (unpaired) electrons. The second-order valence-corrected chi connectivity index (χ2v) is 6.01. The van der Waals surface area contributed by atoms with Crippen LogP contribution in [-0.4, -0.2) is 21.5 Å². The molecule has 0 spiro atoms. The molecule has 0 amide bonds. The van der Waals surface area contributed by atoms with E-state index in [0.29, 0.717) is 10.0 Å². The smallest absolute Gasteiger partial charge is 0.103 e. The van der Waals surface area contributed by atoms with Gasteiger partial charge in [0.05, 0.1) is 22.4 Å². The molecule has 0 fully saturated rings. The molecule has 1 aromatic heterocycles. The van der Waals surface area contributed by atoms with Gasteiger partial charge in [-0.1, -0.05) is 35.3 Å². The van der Waals surface area contributed by atoms with Gasteiger partial charge in [0.2, 0.25) is 0 Å². The third kappa shape index (κ3) is 3.39. The second-order valence-electron chi connectivity index (χ2n) is 5.20. The number of aromatic nitrogens is 3. The normalized spacial score (nSPS) is 12.7. The van der Waals surface area contributed by atoms with Crippen molar-refractivity contribution in [2.45, 2.75) is 40.2 Å². The lowest BCUT2D eigenvalue weighted by Gasteiger charge is -2.12. The summed E-state index contributed by atoms with van der Waals surface area (Å²) in [6.45, 7) is 9.08. The third-order valence-corrected chi connectivity index (χ3v) is 4.21. The van der Waals surface area contributed by atoms with E-state index in [4.69, 9.17) is 23.2 Å². The summed E-state index contributed by atoms with van der Waals surface area (Å²) in [5, 5.41) is 13.2. The Labute approximate surface area is 135 Å². The summed E-state index contributed by atoms with van der Waals surface area (Å²) in [4.78, 5) is 0. The molecular weight excluding hydrogens is 307 g/mol. The molecule has 0 aliphatic carbocycles. The highest BCUT2D eigenvalue weighted by atomic mass is 35.5. The number of aryl methyl sites for hydroxylation is 1. The van der Waals surface area contributed by atoms with Gasteiger partial charge < -0.3 is 5.32 Å². The van der Waals surface area contributed by atoms with E-state index in [1.165, 1.54) is 0 Å². The molecule has 4 nitrogen and oxygen atoms in total. The molecule has 0 saturated carbocycles. The van der Waals surface area contributed by atoms with Gasteiger partial charge in [-0.25, -0.2) is 4.68 Å². The van der Waals surface area contributed by atoms with Crippen molar-refractivity contribution in [2.24, 2.45) is 0 Å². The molecule has 1 atom stereocenters. The zero-order valence-corrected chi connectivity index (χ0v) is 14.3. The van der Waals surface area contributed by atoms with Gasteiger partial charge in [-0.3, -0.25) is 0 Å². The quantitative estimate of drug-likeness (QED) is 0.893. The fourth-order valence-corrected chi connectivity index (χ4v) is 2.68. The molecule has 0 aliphatic rings. The van der Waals surface area contributed by atoms with Crippen LogP contribution >= 0.6 is 23.2 Å². The Kier molecular flexibility index (Phi) is 5.25. The number of hydrogen-bond donors (Lipinski definition) is 1. The maximum absolute atomic E-state index is 6.32. The number of nitrogens with one attached hydrogen (secondary N) is 1. The molecule has 1 unspecified atom stereocenters. The van der Waals surface area contributed by atoms with E-state index in [1.54, 1.807) is 4.68 Å². The third-order valence-electron chi connectivity index (χ3n) is 3.50. The predicted molar refractivity (Wildman–Crippen MR) is 87.6 cm³/mol.